The third-order valence-electron chi connectivity index (χ3n) is 5.25. The van der Waals surface area contributed by atoms with Crippen molar-refractivity contribution in [1.82, 2.24) is 10.2 Å². The molecule has 0 unspecified atom stereocenters. The lowest BCUT2D eigenvalue weighted by atomic mass is 9.94. The number of hydrogen-bond donors (Lipinski definition) is 1. The highest BCUT2D eigenvalue weighted by Gasteiger charge is 2.21. The molecule has 1 aromatic heterocycles. The van der Waals surface area contributed by atoms with Crippen LogP contribution in [0.1, 0.15) is 63.5 Å². The lowest BCUT2D eigenvalue weighted by Crippen LogP contribution is -2.46. The third kappa shape index (κ3) is 5.37. The van der Waals surface area contributed by atoms with Gasteiger partial charge in [-0.25, -0.2) is 0 Å². The van der Waals surface area contributed by atoms with E-state index in [2.05, 4.69) is 22.4 Å². The third-order valence-corrected chi connectivity index (χ3v) is 5.63. The van der Waals surface area contributed by atoms with Gasteiger partial charge < -0.3 is 14.6 Å². The van der Waals surface area contributed by atoms with Crippen molar-refractivity contribution in [2.75, 3.05) is 6.54 Å². The summed E-state index contributed by atoms with van der Waals surface area (Å²) in [4.78, 5) is 2.32. The second-order valence-corrected chi connectivity index (χ2v) is 7.64. The standard InChI is InChI=1S/C20H30N2OS/c24-20(21-18-11-6-1-2-7-12-18)22(16-19-13-8-14-23-19)15-17-9-4-3-5-10-17/h3-4,8,13-14,17-18H,1-2,5-7,9-12,15-16H2,(H,21,24)/t17-/m1/s1. The Morgan fingerprint density at radius 2 is 2.00 bits per heavy atom. The minimum atomic E-state index is 0.547. The molecular weight excluding hydrogens is 316 g/mol. The van der Waals surface area contributed by atoms with Crippen molar-refractivity contribution in [3.63, 3.8) is 0 Å². The zero-order valence-corrected chi connectivity index (χ0v) is 15.4. The first-order chi connectivity index (χ1) is 11.8. The summed E-state index contributed by atoms with van der Waals surface area (Å²) >= 11 is 5.80. The Morgan fingerprint density at radius 3 is 2.67 bits per heavy atom. The molecular formula is C20H30N2OS. The van der Waals surface area contributed by atoms with Crippen molar-refractivity contribution in [2.45, 2.75) is 70.4 Å². The normalized spacial score (nSPS) is 22.1. The Bertz CT molecular complexity index is 518. The topological polar surface area (TPSA) is 28.4 Å². The van der Waals surface area contributed by atoms with Crippen LogP contribution < -0.4 is 5.32 Å². The second kappa shape index (κ2) is 9.26. The van der Waals surface area contributed by atoms with Gasteiger partial charge in [0.05, 0.1) is 12.8 Å². The van der Waals surface area contributed by atoms with Gasteiger partial charge in [0.1, 0.15) is 5.76 Å². The van der Waals surface area contributed by atoms with Gasteiger partial charge in [-0.1, -0.05) is 37.8 Å². The lowest BCUT2D eigenvalue weighted by molar-refractivity contribution is 0.288. The van der Waals surface area contributed by atoms with E-state index in [1.54, 1.807) is 6.26 Å². The fourth-order valence-corrected chi connectivity index (χ4v) is 4.14. The smallest absolute Gasteiger partial charge is 0.169 e. The van der Waals surface area contributed by atoms with Crippen molar-refractivity contribution < 1.29 is 4.42 Å². The van der Waals surface area contributed by atoms with Gasteiger partial charge >= 0.3 is 0 Å². The molecule has 1 N–H and O–H groups in total. The number of allylic oxidation sites excluding steroid dienone is 2. The molecule has 1 atom stereocenters. The predicted octanol–water partition coefficient (Wildman–Crippen LogP) is 5.04. The van der Waals surface area contributed by atoms with Crippen LogP contribution in [0, 0.1) is 5.92 Å². The minimum absolute atomic E-state index is 0.547. The van der Waals surface area contributed by atoms with E-state index in [9.17, 15) is 0 Å². The molecule has 0 bridgehead atoms. The number of thiocarbonyl (C=S) groups is 1. The molecule has 0 amide bonds. The Kier molecular flexibility index (Phi) is 6.76. The highest BCUT2D eigenvalue weighted by molar-refractivity contribution is 7.80. The van der Waals surface area contributed by atoms with Crippen LogP contribution in [-0.2, 0) is 6.54 Å². The van der Waals surface area contributed by atoms with Gasteiger partial charge in [-0.15, -0.1) is 0 Å². The van der Waals surface area contributed by atoms with Crippen molar-refractivity contribution >= 4 is 17.3 Å². The van der Waals surface area contributed by atoms with Crippen LogP contribution in [0.4, 0.5) is 0 Å². The van der Waals surface area contributed by atoms with Crippen LogP contribution in [0.5, 0.6) is 0 Å². The van der Waals surface area contributed by atoms with Gasteiger partial charge in [0.2, 0.25) is 0 Å². The first kappa shape index (κ1) is 17.5. The van der Waals surface area contributed by atoms with E-state index >= 15 is 0 Å². The number of nitrogens with one attached hydrogen (secondary N) is 1. The maximum atomic E-state index is 5.80. The van der Waals surface area contributed by atoms with E-state index in [1.807, 2.05) is 12.1 Å². The zero-order valence-electron chi connectivity index (χ0n) is 14.6. The van der Waals surface area contributed by atoms with Gasteiger partial charge in [0, 0.05) is 12.6 Å². The van der Waals surface area contributed by atoms with Gasteiger partial charge in [-0.2, -0.15) is 0 Å². The van der Waals surface area contributed by atoms with Crippen molar-refractivity contribution in [3.05, 3.63) is 36.3 Å². The molecule has 0 spiro atoms. The first-order valence-corrected chi connectivity index (χ1v) is 9.95. The van der Waals surface area contributed by atoms with E-state index in [4.69, 9.17) is 16.6 Å². The quantitative estimate of drug-likeness (QED) is 0.459. The van der Waals surface area contributed by atoms with Crippen LogP contribution >= 0.6 is 12.2 Å². The average molecular weight is 347 g/mol. The summed E-state index contributed by atoms with van der Waals surface area (Å²) in [6.07, 6.45) is 17.9. The molecule has 24 heavy (non-hydrogen) atoms. The molecule has 2 aliphatic carbocycles. The van der Waals surface area contributed by atoms with Gasteiger partial charge in [0.15, 0.2) is 5.11 Å². The fraction of sp³-hybridized carbons (Fsp3) is 0.650. The lowest BCUT2D eigenvalue weighted by Gasteiger charge is -2.32. The minimum Gasteiger partial charge on any atom is -0.467 e. The number of hydrogen-bond acceptors (Lipinski definition) is 2. The molecule has 3 rings (SSSR count). The van der Waals surface area contributed by atoms with Crippen molar-refractivity contribution in [2.24, 2.45) is 5.92 Å². The Morgan fingerprint density at radius 1 is 1.17 bits per heavy atom. The van der Waals surface area contributed by atoms with E-state index < -0.39 is 0 Å². The molecule has 4 heteroatoms. The fourth-order valence-electron chi connectivity index (χ4n) is 3.83. The summed E-state index contributed by atoms with van der Waals surface area (Å²) < 4.78 is 5.57. The van der Waals surface area contributed by atoms with Crippen LogP contribution in [0.25, 0.3) is 0 Å². The molecule has 0 aromatic carbocycles. The van der Waals surface area contributed by atoms with Crippen molar-refractivity contribution in [3.8, 4) is 0 Å². The van der Waals surface area contributed by atoms with E-state index in [0.717, 1.165) is 24.0 Å². The molecule has 3 nitrogen and oxygen atoms in total. The predicted molar refractivity (Wildman–Crippen MR) is 103 cm³/mol. The van der Waals surface area contributed by atoms with Gasteiger partial charge in [0.25, 0.3) is 0 Å². The van der Waals surface area contributed by atoms with Crippen LogP contribution in [0.3, 0.4) is 0 Å². The van der Waals surface area contributed by atoms with Crippen LogP contribution in [0.15, 0.2) is 35.0 Å². The highest BCUT2D eigenvalue weighted by Crippen LogP contribution is 2.22. The first-order valence-electron chi connectivity index (χ1n) is 9.54. The molecule has 0 radical (unpaired) electrons. The SMILES string of the molecule is S=C(NC1CCCCCC1)N(Cc1ccco1)C[C@@H]1CC=CCC1. The summed E-state index contributed by atoms with van der Waals surface area (Å²) in [5.74, 6) is 1.69. The molecule has 2 aliphatic rings. The summed E-state index contributed by atoms with van der Waals surface area (Å²) in [5.41, 5.74) is 0. The monoisotopic (exact) mass is 346 g/mol. The molecule has 0 aliphatic heterocycles. The molecule has 1 heterocycles. The van der Waals surface area contributed by atoms with Gasteiger partial charge in [-0.05, 0) is 62.4 Å². The maximum Gasteiger partial charge on any atom is 0.169 e. The number of nitrogens with zero attached hydrogens (tertiary/aromatic N) is 1. The second-order valence-electron chi connectivity index (χ2n) is 7.25. The zero-order chi connectivity index (χ0) is 16.6. The van der Waals surface area contributed by atoms with E-state index in [1.165, 1.54) is 57.8 Å². The average Bonchev–Trinajstić information content (AvgIpc) is 2.98. The van der Waals surface area contributed by atoms with Crippen LogP contribution in [0.2, 0.25) is 0 Å². The molecule has 1 saturated carbocycles. The summed E-state index contributed by atoms with van der Waals surface area (Å²) in [6, 6.07) is 4.55. The number of rotatable bonds is 5. The largest absolute Gasteiger partial charge is 0.467 e. The molecule has 132 valence electrons. The van der Waals surface area contributed by atoms with Crippen molar-refractivity contribution in [1.29, 1.82) is 0 Å². The highest BCUT2D eigenvalue weighted by atomic mass is 32.1. The Labute approximate surface area is 151 Å². The Balaban J connectivity index is 1.60. The number of furan rings is 1. The molecule has 0 saturated heterocycles. The molecule has 1 fully saturated rings. The van der Waals surface area contributed by atoms with Gasteiger partial charge in [-0.3, -0.25) is 0 Å². The maximum absolute atomic E-state index is 5.80. The Hall–Kier alpha value is -1.29. The van der Waals surface area contributed by atoms with E-state index in [-0.39, 0.29) is 0 Å². The summed E-state index contributed by atoms with van der Waals surface area (Å²) in [6.45, 7) is 1.79. The van der Waals surface area contributed by atoms with E-state index in [0.29, 0.717) is 12.0 Å². The summed E-state index contributed by atoms with van der Waals surface area (Å²) in [7, 11) is 0. The summed E-state index contributed by atoms with van der Waals surface area (Å²) in [5, 5.41) is 4.57. The van der Waals surface area contributed by atoms with Crippen LogP contribution in [-0.4, -0.2) is 22.6 Å². The molecule has 1 aromatic rings.